The minimum absolute atomic E-state index is 0.141. The van der Waals surface area contributed by atoms with Gasteiger partial charge >= 0.3 is 0 Å². The van der Waals surface area contributed by atoms with Gasteiger partial charge in [0.15, 0.2) is 5.79 Å². The largest absolute Gasteiger partial charge is 0.464 e. The van der Waals surface area contributed by atoms with Gasteiger partial charge in [0.1, 0.15) is 5.58 Å². The smallest absolute Gasteiger partial charge is 0.227 e. The number of ether oxygens (including phenoxy) is 2. The van der Waals surface area contributed by atoms with E-state index in [0.717, 1.165) is 34.9 Å². The van der Waals surface area contributed by atoms with Crippen LogP contribution in [0, 0.1) is 13.8 Å². The Kier molecular flexibility index (Phi) is 4.08. The fraction of sp³-hybridized carbons (Fsp3) is 0.550. The number of likely N-dealkylation sites (tertiary alicyclic amines) is 1. The Hall–Kier alpha value is -1.85. The summed E-state index contributed by atoms with van der Waals surface area (Å²) >= 11 is 0. The van der Waals surface area contributed by atoms with Gasteiger partial charge in [-0.15, -0.1) is 0 Å². The Morgan fingerprint density at radius 2 is 2.04 bits per heavy atom. The standard InChI is InChI=1S/C20H25NO4/c1-13-4-5-17-16(12-23-19(17)15(13)3)10-18(22)21-8-6-20(7-9-21)24-11-14(2)25-20/h4-5,12,14H,6-11H2,1-3H3. The lowest BCUT2D eigenvalue weighted by atomic mass is 10.0. The number of nitrogens with zero attached hydrogens (tertiary/aromatic N) is 1. The minimum Gasteiger partial charge on any atom is -0.464 e. The third kappa shape index (κ3) is 2.96. The molecule has 1 atom stereocenters. The lowest BCUT2D eigenvalue weighted by Gasteiger charge is -2.37. The molecule has 3 heterocycles. The Labute approximate surface area is 147 Å². The minimum atomic E-state index is -0.465. The van der Waals surface area contributed by atoms with Crippen molar-refractivity contribution in [3.05, 3.63) is 35.1 Å². The zero-order valence-corrected chi connectivity index (χ0v) is 15.1. The lowest BCUT2D eigenvalue weighted by Crippen LogP contribution is -2.47. The maximum Gasteiger partial charge on any atom is 0.227 e. The van der Waals surface area contributed by atoms with Crippen molar-refractivity contribution in [2.75, 3.05) is 19.7 Å². The van der Waals surface area contributed by atoms with Gasteiger partial charge in [-0.3, -0.25) is 4.79 Å². The molecule has 4 rings (SSSR count). The van der Waals surface area contributed by atoms with Crippen molar-refractivity contribution >= 4 is 16.9 Å². The number of rotatable bonds is 2. The molecule has 25 heavy (non-hydrogen) atoms. The van der Waals surface area contributed by atoms with E-state index in [1.54, 1.807) is 6.26 Å². The zero-order valence-electron chi connectivity index (χ0n) is 15.1. The van der Waals surface area contributed by atoms with Gasteiger partial charge in [0.2, 0.25) is 5.91 Å². The summed E-state index contributed by atoms with van der Waals surface area (Å²) in [7, 11) is 0. The number of benzene rings is 1. The fourth-order valence-corrected chi connectivity index (χ4v) is 3.86. The van der Waals surface area contributed by atoms with E-state index >= 15 is 0 Å². The molecule has 0 radical (unpaired) electrons. The average molecular weight is 343 g/mol. The summed E-state index contributed by atoms with van der Waals surface area (Å²) in [5.74, 6) is -0.325. The SMILES string of the molecule is Cc1ccc2c(CC(=O)N3CCC4(CC3)OCC(C)O4)coc2c1C. The summed E-state index contributed by atoms with van der Waals surface area (Å²) < 4.78 is 17.5. The van der Waals surface area contributed by atoms with Crippen molar-refractivity contribution in [3.63, 3.8) is 0 Å². The first kappa shape index (κ1) is 16.6. The molecule has 1 aromatic carbocycles. The predicted molar refractivity (Wildman–Crippen MR) is 94.4 cm³/mol. The highest BCUT2D eigenvalue weighted by molar-refractivity contribution is 5.89. The molecule has 2 aliphatic heterocycles. The number of furan rings is 1. The molecule has 1 amide bonds. The summed E-state index contributed by atoms with van der Waals surface area (Å²) in [5.41, 5.74) is 4.19. The Morgan fingerprint density at radius 1 is 1.28 bits per heavy atom. The van der Waals surface area contributed by atoms with Crippen LogP contribution in [0.25, 0.3) is 11.0 Å². The molecular weight excluding hydrogens is 318 g/mol. The summed E-state index contributed by atoms with van der Waals surface area (Å²) in [6.45, 7) is 8.16. The summed E-state index contributed by atoms with van der Waals surface area (Å²) in [5, 5.41) is 1.04. The van der Waals surface area contributed by atoms with E-state index in [1.165, 1.54) is 5.56 Å². The van der Waals surface area contributed by atoms with E-state index in [2.05, 4.69) is 26.0 Å². The van der Waals surface area contributed by atoms with E-state index in [4.69, 9.17) is 13.9 Å². The van der Waals surface area contributed by atoms with Gasteiger partial charge in [0.05, 0.1) is 25.4 Å². The predicted octanol–water partition coefficient (Wildman–Crippen LogP) is 3.35. The van der Waals surface area contributed by atoms with Crippen molar-refractivity contribution in [1.29, 1.82) is 0 Å². The fourth-order valence-electron chi connectivity index (χ4n) is 3.86. The molecule has 1 aromatic heterocycles. The van der Waals surface area contributed by atoms with Crippen molar-refractivity contribution in [2.45, 2.75) is 51.9 Å². The number of carbonyl (C=O) groups is 1. The van der Waals surface area contributed by atoms with Crippen molar-refractivity contribution in [3.8, 4) is 0 Å². The summed E-state index contributed by atoms with van der Waals surface area (Å²) in [6.07, 6.45) is 3.73. The maximum atomic E-state index is 12.7. The number of piperidine rings is 1. The van der Waals surface area contributed by atoms with E-state index in [0.29, 0.717) is 26.1 Å². The molecular formula is C20H25NO4. The molecule has 2 aromatic rings. The molecule has 5 nitrogen and oxygen atoms in total. The van der Waals surface area contributed by atoms with Crippen LogP contribution in [0.1, 0.15) is 36.5 Å². The van der Waals surface area contributed by atoms with E-state index < -0.39 is 5.79 Å². The lowest BCUT2D eigenvalue weighted by molar-refractivity contribution is -0.194. The van der Waals surface area contributed by atoms with Gasteiger partial charge in [0, 0.05) is 36.9 Å². The monoisotopic (exact) mass is 343 g/mol. The first-order valence-corrected chi connectivity index (χ1v) is 9.03. The van der Waals surface area contributed by atoms with Crippen LogP contribution in [0.3, 0.4) is 0 Å². The van der Waals surface area contributed by atoms with Crippen LogP contribution in [-0.2, 0) is 20.7 Å². The molecule has 1 unspecified atom stereocenters. The summed E-state index contributed by atoms with van der Waals surface area (Å²) in [4.78, 5) is 14.6. The maximum absolute atomic E-state index is 12.7. The highest BCUT2D eigenvalue weighted by Crippen LogP contribution is 2.34. The molecule has 2 fully saturated rings. The van der Waals surface area contributed by atoms with Crippen molar-refractivity contribution in [2.24, 2.45) is 0 Å². The van der Waals surface area contributed by atoms with Crippen LogP contribution in [0.15, 0.2) is 22.8 Å². The number of amides is 1. The molecule has 134 valence electrons. The Bertz CT molecular complexity index is 801. The highest BCUT2D eigenvalue weighted by Gasteiger charge is 2.43. The van der Waals surface area contributed by atoms with Gasteiger partial charge < -0.3 is 18.8 Å². The van der Waals surface area contributed by atoms with Gasteiger partial charge in [0.25, 0.3) is 0 Å². The van der Waals surface area contributed by atoms with Crippen LogP contribution in [0.4, 0.5) is 0 Å². The summed E-state index contributed by atoms with van der Waals surface area (Å²) in [6, 6.07) is 4.14. The molecule has 2 saturated heterocycles. The van der Waals surface area contributed by atoms with E-state index in [1.807, 2.05) is 11.8 Å². The van der Waals surface area contributed by atoms with Gasteiger partial charge in [-0.05, 0) is 31.9 Å². The Morgan fingerprint density at radius 3 is 2.72 bits per heavy atom. The number of aryl methyl sites for hydroxylation is 2. The Balaban J connectivity index is 1.44. The molecule has 5 heteroatoms. The topological polar surface area (TPSA) is 51.9 Å². The molecule has 2 aliphatic rings. The van der Waals surface area contributed by atoms with Gasteiger partial charge in [-0.1, -0.05) is 12.1 Å². The van der Waals surface area contributed by atoms with Crippen molar-refractivity contribution in [1.82, 2.24) is 4.90 Å². The molecule has 0 bridgehead atoms. The molecule has 0 N–H and O–H groups in total. The molecule has 0 aliphatic carbocycles. The highest BCUT2D eigenvalue weighted by atomic mass is 16.7. The zero-order chi connectivity index (χ0) is 17.6. The third-order valence-electron chi connectivity index (χ3n) is 5.56. The molecule has 0 saturated carbocycles. The number of carbonyl (C=O) groups excluding carboxylic acids is 1. The van der Waals surface area contributed by atoms with Gasteiger partial charge in [-0.2, -0.15) is 0 Å². The van der Waals surface area contributed by atoms with Crippen LogP contribution < -0.4 is 0 Å². The van der Waals surface area contributed by atoms with Crippen molar-refractivity contribution < 1.29 is 18.7 Å². The second-order valence-corrected chi connectivity index (χ2v) is 7.35. The molecule has 1 spiro atoms. The van der Waals surface area contributed by atoms with Crippen LogP contribution >= 0.6 is 0 Å². The van der Waals surface area contributed by atoms with E-state index in [9.17, 15) is 4.79 Å². The number of hydrogen-bond acceptors (Lipinski definition) is 4. The number of hydrogen-bond donors (Lipinski definition) is 0. The van der Waals surface area contributed by atoms with Crippen LogP contribution in [0.2, 0.25) is 0 Å². The van der Waals surface area contributed by atoms with Crippen LogP contribution in [-0.4, -0.2) is 42.4 Å². The second kappa shape index (κ2) is 6.15. The van der Waals surface area contributed by atoms with E-state index in [-0.39, 0.29) is 12.0 Å². The second-order valence-electron chi connectivity index (χ2n) is 7.35. The first-order valence-electron chi connectivity index (χ1n) is 9.03. The van der Waals surface area contributed by atoms with Crippen LogP contribution in [0.5, 0.6) is 0 Å². The number of fused-ring (bicyclic) bond motifs is 1. The quantitative estimate of drug-likeness (QED) is 0.839. The first-order chi connectivity index (χ1) is 12.0. The normalized spacial score (nSPS) is 22.8. The van der Waals surface area contributed by atoms with Gasteiger partial charge in [-0.25, -0.2) is 0 Å². The third-order valence-corrected chi connectivity index (χ3v) is 5.56. The average Bonchev–Trinajstić information content (AvgIpc) is 3.16.